The quantitative estimate of drug-likeness (QED) is 0.358. The van der Waals surface area contributed by atoms with E-state index in [9.17, 15) is 0 Å². The summed E-state index contributed by atoms with van der Waals surface area (Å²) < 4.78 is 8.02. The Kier molecular flexibility index (Phi) is 9.12. The van der Waals surface area contributed by atoms with E-state index in [1.54, 1.807) is 13.3 Å². The van der Waals surface area contributed by atoms with Crippen molar-refractivity contribution >= 4 is 45.9 Å². The van der Waals surface area contributed by atoms with Gasteiger partial charge in [0.15, 0.2) is 5.96 Å². The molecule has 1 heterocycles. The number of hydrogen-bond donors (Lipinski definition) is 2. The zero-order valence-electron chi connectivity index (χ0n) is 14.0. The van der Waals surface area contributed by atoms with E-state index in [1.165, 1.54) is 0 Å². The maximum Gasteiger partial charge on any atom is 0.191 e. The Bertz CT molecular complexity index is 674. The minimum absolute atomic E-state index is 0. The van der Waals surface area contributed by atoms with E-state index in [0.29, 0.717) is 13.1 Å². The molecule has 1 aromatic carbocycles. The molecule has 0 fully saturated rings. The fraction of sp³-hybridized carbons (Fsp3) is 0.375. The second kappa shape index (κ2) is 10.5. The highest BCUT2D eigenvalue weighted by Crippen LogP contribution is 2.25. The summed E-state index contributed by atoms with van der Waals surface area (Å²) in [5.41, 5.74) is 2.21. The Morgan fingerprint density at radius 1 is 1.33 bits per heavy atom. The first kappa shape index (κ1) is 20.8. The lowest BCUT2D eigenvalue weighted by molar-refractivity contribution is 0.412. The SMILES string of the molecule is CCNC(=NCc1ccc(OC)c(Br)c1)NCc1ccnn1C.I. The summed E-state index contributed by atoms with van der Waals surface area (Å²) >= 11 is 3.50. The van der Waals surface area contributed by atoms with Crippen molar-refractivity contribution in [1.29, 1.82) is 0 Å². The smallest absolute Gasteiger partial charge is 0.191 e. The molecule has 0 radical (unpaired) electrons. The lowest BCUT2D eigenvalue weighted by Crippen LogP contribution is -2.37. The normalized spacial score (nSPS) is 10.9. The monoisotopic (exact) mass is 507 g/mol. The molecule has 132 valence electrons. The molecule has 1 aromatic heterocycles. The zero-order chi connectivity index (χ0) is 16.7. The molecule has 0 aliphatic rings. The average molecular weight is 508 g/mol. The van der Waals surface area contributed by atoms with E-state index in [1.807, 2.05) is 42.9 Å². The highest BCUT2D eigenvalue weighted by atomic mass is 127. The van der Waals surface area contributed by atoms with Crippen LogP contribution in [0.5, 0.6) is 5.75 Å². The molecule has 0 saturated heterocycles. The van der Waals surface area contributed by atoms with Crippen molar-refractivity contribution in [3.8, 4) is 5.75 Å². The zero-order valence-corrected chi connectivity index (χ0v) is 18.0. The van der Waals surface area contributed by atoms with Crippen LogP contribution < -0.4 is 15.4 Å². The number of halogens is 2. The Hall–Kier alpha value is -1.29. The molecule has 0 amide bonds. The lowest BCUT2D eigenvalue weighted by Gasteiger charge is -2.11. The van der Waals surface area contributed by atoms with E-state index in [4.69, 9.17) is 4.74 Å². The second-order valence-electron chi connectivity index (χ2n) is 4.96. The van der Waals surface area contributed by atoms with Gasteiger partial charge in [0.05, 0.1) is 30.4 Å². The van der Waals surface area contributed by atoms with Gasteiger partial charge in [0.25, 0.3) is 0 Å². The molecule has 8 heteroatoms. The van der Waals surface area contributed by atoms with Gasteiger partial charge in [-0.05, 0) is 46.6 Å². The number of nitrogens with zero attached hydrogens (tertiary/aromatic N) is 3. The first-order chi connectivity index (χ1) is 11.1. The van der Waals surface area contributed by atoms with Crippen molar-refractivity contribution < 1.29 is 4.74 Å². The third-order valence-electron chi connectivity index (χ3n) is 3.34. The van der Waals surface area contributed by atoms with Crippen LogP contribution in [-0.4, -0.2) is 29.4 Å². The predicted octanol–water partition coefficient (Wildman–Crippen LogP) is 3.06. The van der Waals surface area contributed by atoms with Gasteiger partial charge in [0.2, 0.25) is 0 Å². The van der Waals surface area contributed by atoms with Gasteiger partial charge in [-0.3, -0.25) is 4.68 Å². The summed E-state index contributed by atoms with van der Waals surface area (Å²) in [4.78, 5) is 4.61. The molecule has 0 saturated carbocycles. The number of guanidine groups is 1. The number of aliphatic imine (C=N–C) groups is 1. The van der Waals surface area contributed by atoms with Gasteiger partial charge in [-0.1, -0.05) is 6.07 Å². The molecular formula is C16H23BrIN5O. The Morgan fingerprint density at radius 2 is 2.12 bits per heavy atom. The van der Waals surface area contributed by atoms with Crippen LogP contribution in [0.4, 0.5) is 0 Å². The molecule has 2 N–H and O–H groups in total. The van der Waals surface area contributed by atoms with Gasteiger partial charge >= 0.3 is 0 Å². The standard InChI is InChI=1S/C16H22BrN5O.HI/c1-4-18-16(20-11-13-7-8-21-22(13)2)19-10-12-5-6-15(23-3)14(17)9-12;/h5-9H,4,10-11H2,1-3H3,(H2,18,19,20);1H. The molecule has 24 heavy (non-hydrogen) atoms. The number of benzene rings is 1. The van der Waals surface area contributed by atoms with Crippen molar-refractivity contribution in [3.05, 3.63) is 46.2 Å². The van der Waals surface area contributed by atoms with Gasteiger partial charge in [0.1, 0.15) is 5.75 Å². The number of ether oxygens (including phenoxy) is 1. The maximum absolute atomic E-state index is 5.24. The maximum atomic E-state index is 5.24. The minimum atomic E-state index is 0. The largest absolute Gasteiger partial charge is 0.496 e. The van der Waals surface area contributed by atoms with E-state index < -0.39 is 0 Å². The van der Waals surface area contributed by atoms with Gasteiger partial charge in [-0.25, -0.2) is 4.99 Å². The van der Waals surface area contributed by atoms with Crippen LogP contribution >= 0.6 is 39.9 Å². The van der Waals surface area contributed by atoms with Crippen LogP contribution in [0.15, 0.2) is 39.9 Å². The van der Waals surface area contributed by atoms with E-state index in [0.717, 1.165) is 34.0 Å². The number of nitrogens with one attached hydrogen (secondary N) is 2. The minimum Gasteiger partial charge on any atom is -0.496 e. The summed E-state index contributed by atoms with van der Waals surface area (Å²) in [6, 6.07) is 7.95. The summed E-state index contributed by atoms with van der Waals surface area (Å²) in [5, 5.41) is 10.7. The Morgan fingerprint density at radius 3 is 2.71 bits per heavy atom. The molecule has 2 aromatic rings. The van der Waals surface area contributed by atoms with Gasteiger partial charge < -0.3 is 15.4 Å². The fourth-order valence-corrected chi connectivity index (χ4v) is 2.66. The molecule has 2 rings (SSSR count). The molecule has 0 aliphatic heterocycles. The summed E-state index contributed by atoms with van der Waals surface area (Å²) in [7, 11) is 3.58. The molecular weight excluding hydrogens is 485 g/mol. The lowest BCUT2D eigenvalue weighted by atomic mass is 10.2. The molecule has 0 aliphatic carbocycles. The van der Waals surface area contributed by atoms with Gasteiger partial charge in [-0.15, -0.1) is 24.0 Å². The third-order valence-corrected chi connectivity index (χ3v) is 3.96. The van der Waals surface area contributed by atoms with Crippen LogP contribution in [-0.2, 0) is 20.1 Å². The number of aryl methyl sites for hydroxylation is 1. The molecule has 0 bridgehead atoms. The second-order valence-corrected chi connectivity index (χ2v) is 5.82. The highest BCUT2D eigenvalue weighted by molar-refractivity contribution is 14.0. The van der Waals surface area contributed by atoms with Crippen LogP contribution in [0.25, 0.3) is 0 Å². The summed E-state index contributed by atoms with van der Waals surface area (Å²) in [6.07, 6.45) is 1.79. The Balaban J connectivity index is 0.00000288. The van der Waals surface area contributed by atoms with Crippen LogP contribution in [0.3, 0.4) is 0 Å². The van der Waals surface area contributed by atoms with E-state index in [2.05, 4.69) is 36.7 Å². The van der Waals surface area contributed by atoms with Crippen molar-refractivity contribution in [2.75, 3.05) is 13.7 Å². The fourth-order valence-electron chi connectivity index (χ4n) is 2.07. The topological polar surface area (TPSA) is 63.5 Å². The van der Waals surface area contributed by atoms with Crippen LogP contribution in [0.1, 0.15) is 18.2 Å². The van der Waals surface area contributed by atoms with E-state index in [-0.39, 0.29) is 24.0 Å². The van der Waals surface area contributed by atoms with Crippen molar-refractivity contribution in [2.24, 2.45) is 12.0 Å². The molecule has 6 nitrogen and oxygen atoms in total. The van der Waals surface area contributed by atoms with Crippen LogP contribution in [0, 0.1) is 0 Å². The van der Waals surface area contributed by atoms with Gasteiger partial charge in [0, 0.05) is 19.8 Å². The first-order valence-corrected chi connectivity index (χ1v) is 8.24. The number of hydrogen-bond acceptors (Lipinski definition) is 3. The average Bonchev–Trinajstić information content (AvgIpc) is 2.95. The predicted molar refractivity (Wildman–Crippen MR) is 111 cm³/mol. The molecule has 0 unspecified atom stereocenters. The molecule has 0 spiro atoms. The summed E-state index contributed by atoms with van der Waals surface area (Å²) in [6.45, 7) is 4.12. The summed E-state index contributed by atoms with van der Waals surface area (Å²) in [5.74, 6) is 1.60. The van der Waals surface area contributed by atoms with Crippen molar-refractivity contribution in [3.63, 3.8) is 0 Å². The van der Waals surface area contributed by atoms with E-state index >= 15 is 0 Å². The number of rotatable bonds is 6. The number of methoxy groups -OCH3 is 1. The third kappa shape index (κ3) is 5.97. The van der Waals surface area contributed by atoms with Crippen molar-refractivity contribution in [1.82, 2.24) is 20.4 Å². The van der Waals surface area contributed by atoms with Crippen molar-refractivity contribution in [2.45, 2.75) is 20.0 Å². The first-order valence-electron chi connectivity index (χ1n) is 7.45. The van der Waals surface area contributed by atoms with Gasteiger partial charge in [-0.2, -0.15) is 5.10 Å². The number of aromatic nitrogens is 2. The molecule has 0 atom stereocenters. The Labute approximate surface area is 168 Å². The van der Waals surface area contributed by atoms with Crippen LogP contribution in [0.2, 0.25) is 0 Å². The highest BCUT2D eigenvalue weighted by Gasteiger charge is 2.03.